The Morgan fingerprint density at radius 1 is 1.29 bits per heavy atom. The number of aliphatic hydroxyl groups is 1. The van der Waals surface area contributed by atoms with E-state index in [4.69, 9.17) is 4.65 Å². The van der Waals surface area contributed by atoms with Crippen LogP contribution < -0.4 is 5.46 Å². The standard InChI is InChI=1S/C14H20BFN2O3/c1-8-9-6-10(11(16)7-12(9)18-17-8)15(20)21-14(4,5)13(2,3)19/h6-7,19-20H,1-5H3,(H,17,18). The third-order valence-corrected chi connectivity index (χ3v) is 4.01. The number of nitrogens with zero attached hydrogens (tertiary/aromatic N) is 1. The minimum atomic E-state index is -1.48. The molecule has 1 heterocycles. The van der Waals surface area contributed by atoms with Gasteiger partial charge in [-0.15, -0.1) is 0 Å². The van der Waals surface area contributed by atoms with E-state index in [0.29, 0.717) is 5.52 Å². The summed E-state index contributed by atoms with van der Waals surface area (Å²) in [6.07, 6.45) is 0. The van der Waals surface area contributed by atoms with Gasteiger partial charge >= 0.3 is 7.12 Å². The van der Waals surface area contributed by atoms with Gasteiger partial charge in [-0.1, -0.05) is 0 Å². The second-order valence-corrected chi connectivity index (χ2v) is 6.28. The normalized spacial score (nSPS) is 13.0. The van der Waals surface area contributed by atoms with E-state index in [0.717, 1.165) is 11.1 Å². The average molecular weight is 294 g/mol. The second-order valence-electron chi connectivity index (χ2n) is 6.28. The molecule has 0 aliphatic rings. The van der Waals surface area contributed by atoms with Crippen LogP contribution in [0.4, 0.5) is 4.39 Å². The van der Waals surface area contributed by atoms with Gasteiger partial charge in [0.25, 0.3) is 0 Å². The lowest BCUT2D eigenvalue weighted by Gasteiger charge is -2.38. The van der Waals surface area contributed by atoms with Gasteiger partial charge in [0.15, 0.2) is 0 Å². The van der Waals surface area contributed by atoms with Gasteiger partial charge in [0.2, 0.25) is 0 Å². The first-order valence-corrected chi connectivity index (χ1v) is 6.75. The maximum Gasteiger partial charge on any atom is 0.494 e. The van der Waals surface area contributed by atoms with E-state index in [1.165, 1.54) is 12.1 Å². The molecule has 0 aliphatic heterocycles. The summed E-state index contributed by atoms with van der Waals surface area (Å²) in [4.78, 5) is 0. The van der Waals surface area contributed by atoms with Crippen molar-refractivity contribution in [2.75, 3.05) is 0 Å². The fourth-order valence-electron chi connectivity index (χ4n) is 1.85. The van der Waals surface area contributed by atoms with Crippen LogP contribution in [0.5, 0.6) is 0 Å². The van der Waals surface area contributed by atoms with Gasteiger partial charge in [0.05, 0.1) is 16.7 Å². The molecular weight excluding hydrogens is 274 g/mol. The largest absolute Gasteiger partial charge is 0.494 e. The molecule has 2 aromatic rings. The van der Waals surface area contributed by atoms with Crippen molar-refractivity contribution in [1.29, 1.82) is 0 Å². The summed E-state index contributed by atoms with van der Waals surface area (Å²) in [5.74, 6) is -0.604. The lowest BCUT2D eigenvalue weighted by atomic mass is 9.75. The monoisotopic (exact) mass is 294 g/mol. The summed E-state index contributed by atoms with van der Waals surface area (Å²) in [6.45, 7) is 8.22. The summed E-state index contributed by atoms with van der Waals surface area (Å²) in [5, 5.41) is 27.7. The van der Waals surface area contributed by atoms with E-state index in [9.17, 15) is 14.5 Å². The highest BCUT2D eigenvalue weighted by Crippen LogP contribution is 2.26. The van der Waals surface area contributed by atoms with Gasteiger partial charge in [-0.25, -0.2) is 4.39 Å². The van der Waals surface area contributed by atoms with E-state index in [-0.39, 0.29) is 5.46 Å². The van der Waals surface area contributed by atoms with Crippen molar-refractivity contribution in [3.05, 3.63) is 23.6 Å². The third kappa shape index (κ3) is 2.95. The Bertz CT molecular complexity index is 664. The number of aromatic nitrogens is 2. The number of aryl methyl sites for hydroxylation is 1. The SMILES string of the molecule is Cc1[nH]nc2cc(F)c(B(O)OC(C)(C)C(C)(C)O)cc12. The number of hydrogen-bond donors (Lipinski definition) is 3. The quantitative estimate of drug-likeness (QED) is 0.742. The molecule has 0 fully saturated rings. The van der Waals surface area contributed by atoms with E-state index >= 15 is 0 Å². The van der Waals surface area contributed by atoms with Crippen LogP contribution in [0.1, 0.15) is 33.4 Å². The highest BCUT2D eigenvalue weighted by molar-refractivity contribution is 6.60. The first kappa shape index (κ1) is 15.9. The molecule has 0 saturated heterocycles. The zero-order valence-corrected chi connectivity index (χ0v) is 12.9. The van der Waals surface area contributed by atoms with Crippen LogP contribution in [0.2, 0.25) is 0 Å². The molecule has 1 aromatic carbocycles. The minimum absolute atomic E-state index is 0.0179. The smallest absolute Gasteiger partial charge is 0.423 e. The maximum absolute atomic E-state index is 14.1. The van der Waals surface area contributed by atoms with Crippen molar-refractivity contribution in [1.82, 2.24) is 10.2 Å². The van der Waals surface area contributed by atoms with Gasteiger partial charge in [-0.2, -0.15) is 5.10 Å². The molecule has 21 heavy (non-hydrogen) atoms. The molecule has 114 valence electrons. The summed E-state index contributed by atoms with van der Waals surface area (Å²) >= 11 is 0. The molecular formula is C14H20BFN2O3. The number of hydrogen-bond acceptors (Lipinski definition) is 4. The molecule has 0 aliphatic carbocycles. The van der Waals surface area contributed by atoms with Crippen LogP contribution in [0.15, 0.2) is 12.1 Å². The zero-order chi connectivity index (χ0) is 16.0. The minimum Gasteiger partial charge on any atom is -0.423 e. The summed E-state index contributed by atoms with van der Waals surface area (Å²) in [6, 6.07) is 2.76. The predicted molar refractivity (Wildman–Crippen MR) is 79.9 cm³/mol. The average Bonchev–Trinajstić information content (AvgIpc) is 2.67. The van der Waals surface area contributed by atoms with Crippen molar-refractivity contribution in [2.24, 2.45) is 0 Å². The molecule has 3 N–H and O–H groups in total. The summed E-state index contributed by atoms with van der Waals surface area (Å²) in [5.41, 5.74) is -0.966. The Kier molecular flexibility index (Phi) is 3.86. The molecule has 7 heteroatoms. The van der Waals surface area contributed by atoms with Gasteiger partial charge in [0.1, 0.15) is 5.82 Å². The number of H-pyrrole nitrogens is 1. The molecule has 0 saturated carbocycles. The molecule has 2 rings (SSSR count). The predicted octanol–water partition coefficient (Wildman–Crippen LogP) is 1.26. The van der Waals surface area contributed by atoms with E-state index in [1.807, 2.05) is 6.92 Å². The van der Waals surface area contributed by atoms with Crippen molar-refractivity contribution in [3.8, 4) is 0 Å². The highest BCUT2D eigenvalue weighted by atomic mass is 19.1. The lowest BCUT2D eigenvalue weighted by molar-refractivity contribution is -0.0983. The van der Waals surface area contributed by atoms with Crippen molar-refractivity contribution >= 4 is 23.5 Å². The van der Waals surface area contributed by atoms with Gasteiger partial charge in [-0.05, 0) is 40.7 Å². The van der Waals surface area contributed by atoms with E-state index in [2.05, 4.69) is 10.2 Å². The molecule has 5 nitrogen and oxygen atoms in total. The Hall–Kier alpha value is -1.44. The molecule has 0 radical (unpaired) electrons. The third-order valence-electron chi connectivity index (χ3n) is 4.01. The Morgan fingerprint density at radius 3 is 2.48 bits per heavy atom. The summed E-state index contributed by atoms with van der Waals surface area (Å²) < 4.78 is 19.6. The fourth-order valence-corrected chi connectivity index (χ4v) is 1.85. The molecule has 0 unspecified atom stereocenters. The molecule has 0 amide bonds. The van der Waals surface area contributed by atoms with Gasteiger partial charge in [-0.3, -0.25) is 5.10 Å². The van der Waals surface area contributed by atoms with E-state index in [1.54, 1.807) is 27.7 Å². The fraction of sp³-hybridized carbons (Fsp3) is 0.500. The van der Waals surface area contributed by atoms with Crippen LogP contribution in [-0.4, -0.2) is 38.6 Å². The van der Waals surface area contributed by atoms with Crippen molar-refractivity contribution in [3.63, 3.8) is 0 Å². The number of fused-ring (bicyclic) bond motifs is 1. The topological polar surface area (TPSA) is 78.4 Å². The zero-order valence-electron chi connectivity index (χ0n) is 12.9. The Balaban J connectivity index is 2.37. The maximum atomic E-state index is 14.1. The Labute approximate surface area is 123 Å². The molecule has 0 bridgehead atoms. The highest BCUT2D eigenvalue weighted by Gasteiger charge is 2.40. The number of aromatic amines is 1. The van der Waals surface area contributed by atoms with Crippen LogP contribution in [0.25, 0.3) is 10.9 Å². The Morgan fingerprint density at radius 2 is 1.90 bits per heavy atom. The number of benzene rings is 1. The molecule has 0 spiro atoms. The van der Waals surface area contributed by atoms with Crippen LogP contribution in [0.3, 0.4) is 0 Å². The van der Waals surface area contributed by atoms with Crippen LogP contribution >= 0.6 is 0 Å². The van der Waals surface area contributed by atoms with Crippen LogP contribution in [-0.2, 0) is 4.65 Å². The van der Waals surface area contributed by atoms with Crippen molar-refractivity contribution < 1.29 is 19.2 Å². The first-order chi connectivity index (χ1) is 9.53. The molecule has 1 aromatic heterocycles. The lowest BCUT2D eigenvalue weighted by Crippen LogP contribution is -2.53. The second kappa shape index (κ2) is 5.08. The number of nitrogens with one attached hydrogen (secondary N) is 1. The first-order valence-electron chi connectivity index (χ1n) is 6.75. The van der Waals surface area contributed by atoms with E-state index < -0.39 is 24.1 Å². The van der Waals surface area contributed by atoms with Crippen molar-refractivity contribution in [2.45, 2.75) is 45.8 Å². The molecule has 0 atom stereocenters. The summed E-state index contributed by atoms with van der Waals surface area (Å²) in [7, 11) is -1.48. The number of rotatable bonds is 4. The van der Waals surface area contributed by atoms with Gasteiger partial charge < -0.3 is 14.8 Å². The van der Waals surface area contributed by atoms with Crippen LogP contribution in [0, 0.1) is 12.7 Å². The van der Waals surface area contributed by atoms with Gasteiger partial charge in [0, 0.05) is 22.6 Å². The number of halogens is 1.